The van der Waals surface area contributed by atoms with Crippen molar-refractivity contribution in [3.8, 4) is 5.06 Å². The molecule has 0 saturated heterocycles. The number of aromatic hydroxyl groups is 1. The molecule has 0 amide bonds. The zero-order chi connectivity index (χ0) is 5.28. The third-order valence-electron chi connectivity index (χ3n) is 0.511. The van der Waals surface area contributed by atoms with Gasteiger partial charge in [0, 0.05) is 0 Å². The molecule has 0 spiro atoms. The summed E-state index contributed by atoms with van der Waals surface area (Å²) in [6, 6.07) is 0. The SMILES string of the molecule is Oc1cnc(P)s1. The van der Waals surface area contributed by atoms with E-state index in [1.165, 1.54) is 17.5 Å². The summed E-state index contributed by atoms with van der Waals surface area (Å²) in [7, 11) is 2.40. The molecule has 1 rings (SSSR count). The van der Waals surface area contributed by atoms with Crippen molar-refractivity contribution < 1.29 is 5.11 Å². The van der Waals surface area contributed by atoms with E-state index in [2.05, 4.69) is 14.2 Å². The van der Waals surface area contributed by atoms with Gasteiger partial charge in [-0.05, 0) is 0 Å². The maximum Gasteiger partial charge on any atom is 0.192 e. The quantitative estimate of drug-likeness (QED) is 0.518. The van der Waals surface area contributed by atoms with E-state index < -0.39 is 0 Å². The first-order valence-electron chi connectivity index (χ1n) is 1.69. The molecule has 0 fully saturated rings. The highest BCUT2D eigenvalue weighted by atomic mass is 32.1. The fourth-order valence-corrected chi connectivity index (χ4v) is 1.14. The van der Waals surface area contributed by atoms with Crippen LogP contribution in [0.4, 0.5) is 0 Å². The van der Waals surface area contributed by atoms with Gasteiger partial charge in [-0.25, -0.2) is 4.98 Å². The Bertz CT molecular complexity index is 147. The summed E-state index contributed by atoms with van der Waals surface area (Å²) in [5.74, 6) is 0. The highest BCUT2D eigenvalue weighted by Gasteiger charge is 1.89. The number of aromatic nitrogens is 1. The molecule has 1 aromatic heterocycles. The van der Waals surface area contributed by atoms with Gasteiger partial charge >= 0.3 is 0 Å². The van der Waals surface area contributed by atoms with Gasteiger partial charge < -0.3 is 5.11 Å². The maximum atomic E-state index is 8.60. The Labute approximate surface area is 47.4 Å². The standard InChI is InChI=1S/C3H4NOPS/c5-2-1-4-3(6)7-2/h1,5H,6H2. The number of rotatable bonds is 0. The third kappa shape index (κ3) is 1.11. The second kappa shape index (κ2) is 1.76. The molecule has 7 heavy (non-hydrogen) atoms. The van der Waals surface area contributed by atoms with Crippen LogP contribution in [0.15, 0.2) is 6.20 Å². The fourth-order valence-electron chi connectivity index (χ4n) is 0.279. The van der Waals surface area contributed by atoms with Gasteiger partial charge in [-0.1, -0.05) is 20.6 Å². The van der Waals surface area contributed by atoms with E-state index in [1.807, 2.05) is 0 Å². The highest BCUT2D eigenvalue weighted by molar-refractivity contribution is 7.43. The molecule has 2 nitrogen and oxygen atoms in total. The molecule has 0 saturated carbocycles. The molecule has 0 radical (unpaired) electrons. The number of hydrogen-bond donors (Lipinski definition) is 1. The molecule has 1 heterocycles. The Kier molecular flexibility index (Phi) is 1.26. The molecule has 1 unspecified atom stereocenters. The van der Waals surface area contributed by atoms with E-state index in [1.54, 1.807) is 0 Å². The van der Waals surface area contributed by atoms with E-state index in [4.69, 9.17) is 5.11 Å². The molecule has 38 valence electrons. The lowest BCUT2D eigenvalue weighted by atomic mass is 10.9. The van der Waals surface area contributed by atoms with Crippen LogP contribution in [0, 0.1) is 0 Å². The summed E-state index contributed by atoms with van der Waals surface area (Å²) in [5, 5.41) is 8.86. The highest BCUT2D eigenvalue weighted by Crippen LogP contribution is 2.12. The van der Waals surface area contributed by atoms with Gasteiger partial charge in [0.1, 0.15) is 4.75 Å². The molecular formula is C3H4NOPS. The molecule has 1 N–H and O–H groups in total. The Morgan fingerprint density at radius 2 is 2.57 bits per heavy atom. The summed E-state index contributed by atoms with van der Waals surface area (Å²) in [5.41, 5.74) is 0. The Morgan fingerprint density at radius 3 is 2.71 bits per heavy atom. The second-order valence-electron chi connectivity index (χ2n) is 1.04. The first kappa shape index (κ1) is 5.01. The molecule has 0 aromatic carbocycles. The molecule has 1 aromatic rings. The van der Waals surface area contributed by atoms with Crippen LogP contribution in [0.2, 0.25) is 0 Å². The maximum absolute atomic E-state index is 8.60. The van der Waals surface area contributed by atoms with Crippen molar-refractivity contribution in [2.75, 3.05) is 0 Å². The van der Waals surface area contributed by atoms with Crippen LogP contribution >= 0.6 is 20.6 Å². The van der Waals surface area contributed by atoms with Crippen LogP contribution in [-0.2, 0) is 0 Å². The smallest absolute Gasteiger partial charge is 0.192 e. The van der Waals surface area contributed by atoms with Gasteiger partial charge in [0.2, 0.25) is 0 Å². The average Bonchev–Trinajstić information content (AvgIpc) is 1.87. The van der Waals surface area contributed by atoms with Crippen LogP contribution in [0.25, 0.3) is 0 Å². The van der Waals surface area contributed by atoms with Crippen molar-refractivity contribution in [1.82, 2.24) is 4.98 Å². The van der Waals surface area contributed by atoms with E-state index in [0.717, 1.165) is 4.75 Å². The largest absolute Gasteiger partial charge is 0.498 e. The Hall–Kier alpha value is -0.140. The summed E-state index contributed by atoms with van der Waals surface area (Å²) in [4.78, 5) is 3.75. The molecular weight excluding hydrogens is 129 g/mol. The van der Waals surface area contributed by atoms with Crippen molar-refractivity contribution in [2.45, 2.75) is 0 Å². The molecule has 0 bridgehead atoms. The normalized spacial score (nSPS) is 9.29. The van der Waals surface area contributed by atoms with Crippen molar-refractivity contribution in [2.24, 2.45) is 0 Å². The van der Waals surface area contributed by atoms with Gasteiger partial charge in [0.15, 0.2) is 5.06 Å². The lowest BCUT2D eigenvalue weighted by Gasteiger charge is -1.69. The fraction of sp³-hybridized carbons (Fsp3) is 0. The van der Waals surface area contributed by atoms with Gasteiger partial charge in [-0.3, -0.25) is 0 Å². The number of thiazole rings is 1. The minimum Gasteiger partial charge on any atom is -0.498 e. The third-order valence-corrected chi connectivity index (χ3v) is 1.64. The lowest BCUT2D eigenvalue weighted by Crippen LogP contribution is -1.79. The van der Waals surface area contributed by atoms with Crippen molar-refractivity contribution >= 4 is 25.3 Å². The molecule has 0 aliphatic rings. The molecule has 1 atom stereocenters. The van der Waals surface area contributed by atoms with Crippen LogP contribution in [0.1, 0.15) is 0 Å². The van der Waals surface area contributed by atoms with Crippen molar-refractivity contribution in [3.05, 3.63) is 6.20 Å². The average molecular weight is 133 g/mol. The predicted octanol–water partition coefficient (Wildman–Crippen LogP) is 0.349. The van der Waals surface area contributed by atoms with E-state index in [-0.39, 0.29) is 5.06 Å². The first-order valence-corrected chi connectivity index (χ1v) is 3.08. The lowest BCUT2D eigenvalue weighted by molar-refractivity contribution is 0.489. The Balaban J connectivity index is 3.04. The van der Waals surface area contributed by atoms with Crippen LogP contribution in [-0.4, -0.2) is 10.1 Å². The number of nitrogens with zero attached hydrogens (tertiary/aromatic N) is 1. The van der Waals surface area contributed by atoms with Gasteiger partial charge in [0.05, 0.1) is 6.20 Å². The minimum absolute atomic E-state index is 0.269. The predicted molar refractivity (Wildman–Crippen MR) is 33.1 cm³/mol. The van der Waals surface area contributed by atoms with Crippen molar-refractivity contribution in [3.63, 3.8) is 0 Å². The van der Waals surface area contributed by atoms with E-state index in [0.29, 0.717) is 0 Å². The summed E-state index contributed by atoms with van der Waals surface area (Å²) < 4.78 is 0.817. The van der Waals surface area contributed by atoms with E-state index in [9.17, 15) is 0 Å². The number of hydrogen-bond acceptors (Lipinski definition) is 3. The first-order chi connectivity index (χ1) is 3.29. The minimum atomic E-state index is 0.269. The summed E-state index contributed by atoms with van der Waals surface area (Å²) in [6.07, 6.45) is 1.42. The van der Waals surface area contributed by atoms with Gasteiger partial charge in [0.25, 0.3) is 0 Å². The van der Waals surface area contributed by atoms with Gasteiger partial charge in [-0.15, -0.1) is 0 Å². The molecule has 0 aliphatic heterocycles. The van der Waals surface area contributed by atoms with Crippen molar-refractivity contribution in [1.29, 1.82) is 0 Å². The zero-order valence-electron chi connectivity index (χ0n) is 3.46. The molecule has 0 aliphatic carbocycles. The van der Waals surface area contributed by atoms with Crippen LogP contribution in [0.5, 0.6) is 5.06 Å². The van der Waals surface area contributed by atoms with Crippen LogP contribution < -0.4 is 4.75 Å². The second-order valence-corrected chi connectivity index (χ2v) is 3.04. The van der Waals surface area contributed by atoms with Crippen LogP contribution in [0.3, 0.4) is 0 Å². The summed E-state index contributed by atoms with van der Waals surface area (Å²) >= 11 is 1.25. The molecule has 4 heteroatoms. The topological polar surface area (TPSA) is 33.1 Å². The summed E-state index contributed by atoms with van der Waals surface area (Å²) in [6.45, 7) is 0. The van der Waals surface area contributed by atoms with E-state index >= 15 is 0 Å². The Morgan fingerprint density at radius 1 is 1.86 bits per heavy atom. The monoisotopic (exact) mass is 133 g/mol. The van der Waals surface area contributed by atoms with Gasteiger partial charge in [-0.2, -0.15) is 0 Å². The zero-order valence-corrected chi connectivity index (χ0v) is 5.43.